The fourth-order valence-corrected chi connectivity index (χ4v) is 9.08. The second-order valence-corrected chi connectivity index (χ2v) is 17.5. The van der Waals surface area contributed by atoms with E-state index in [2.05, 4.69) is 167 Å². The smallest absolute Gasteiger partial charge is 0.164 e. The van der Waals surface area contributed by atoms with Crippen molar-refractivity contribution in [3.05, 3.63) is 146 Å². The average Bonchev–Trinajstić information content (AvgIpc) is 3.94. The van der Waals surface area contributed by atoms with Crippen LogP contribution in [-0.4, -0.2) is 39.9 Å². The summed E-state index contributed by atoms with van der Waals surface area (Å²) in [7, 11) is 0. The number of pyridine rings is 2. The van der Waals surface area contributed by atoms with Crippen LogP contribution in [0.5, 0.6) is 0 Å². The predicted octanol–water partition coefficient (Wildman–Crippen LogP) is 13.0. The van der Waals surface area contributed by atoms with Crippen LogP contribution in [0, 0.1) is 0 Å². The Kier molecular flexibility index (Phi) is 9.86. The van der Waals surface area contributed by atoms with Gasteiger partial charge in [-0.2, -0.15) is 0 Å². The Labute approximate surface area is 355 Å². The summed E-state index contributed by atoms with van der Waals surface area (Å²) in [6.45, 7) is 8.55. The Hall–Kier alpha value is -6.76. The van der Waals surface area contributed by atoms with E-state index in [4.69, 9.17) is 19.9 Å². The first-order valence-corrected chi connectivity index (χ1v) is 21.5. The predicted molar refractivity (Wildman–Crippen MR) is 246 cm³/mol. The van der Waals surface area contributed by atoms with Crippen LogP contribution in [0.4, 0.5) is 23.0 Å². The Bertz CT molecular complexity index is 2990. The van der Waals surface area contributed by atoms with E-state index in [9.17, 15) is 0 Å². The molecule has 0 radical (unpaired) electrons. The van der Waals surface area contributed by atoms with Crippen molar-refractivity contribution in [1.82, 2.24) is 39.9 Å². The zero-order valence-electron chi connectivity index (χ0n) is 33.4. The maximum Gasteiger partial charge on any atom is 0.164 e. The third kappa shape index (κ3) is 7.51. The molecule has 0 bridgehead atoms. The highest BCUT2D eigenvalue weighted by atomic mass is 32.2. The minimum Gasteiger partial charge on any atom is -0.361 e. The van der Waals surface area contributed by atoms with Gasteiger partial charge in [0.05, 0.1) is 22.1 Å². The number of anilines is 4. The number of hydrogen-bond acceptors (Lipinski definition) is 10. The summed E-state index contributed by atoms with van der Waals surface area (Å²) in [6, 6.07) is 38.5. The first-order valence-electron chi connectivity index (χ1n) is 19.9. The van der Waals surface area contributed by atoms with Crippen molar-refractivity contribution in [2.75, 3.05) is 10.6 Å². The standard InChI is InChI=1S/C48H40N10S2/c1-27(2)37-13-11-35-45(55-37)51-25-53-47(35)57-41-21-31(7-15-43(41)59-33-9-5-29-17-19-49-39(29)23-33)32-8-16-44(60-34-10-6-30-18-20-50-40(30)24-34)42(22-32)58-48-36-12-14-38(28(3)4)56-46(36)52-26-54-48/h5-28,49-50H,1-4H3,(H,51,53,55,57)(H,52,54,56,58). The van der Waals surface area contributed by atoms with E-state index in [1.807, 2.05) is 12.4 Å². The van der Waals surface area contributed by atoms with Gasteiger partial charge in [-0.05, 0) is 119 Å². The molecule has 0 saturated heterocycles. The molecule has 12 heteroatoms. The van der Waals surface area contributed by atoms with Crippen LogP contribution in [0.25, 0.3) is 55.0 Å². The number of H-pyrrole nitrogens is 2. The van der Waals surface area contributed by atoms with Gasteiger partial charge < -0.3 is 20.6 Å². The fourth-order valence-electron chi connectivity index (χ4n) is 7.24. The van der Waals surface area contributed by atoms with Crippen LogP contribution >= 0.6 is 23.5 Å². The molecule has 0 aliphatic carbocycles. The Morgan fingerprint density at radius 1 is 0.483 bits per heavy atom. The number of nitrogens with zero attached hydrogens (tertiary/aromatic N) is 6. The molecule has 10 nitrogen and oxygen atoms in total. The maximum atomic E-state index is 4.86. The molecule has 0 saturated carbocycles. The van der Waals surface area contributed by atoms with Crippen molar-refractivity contribution in [3.8, 4) is 11.1 Å². The maximum absolute atomic E-state index is 4.86. The molecule has 10 rings (SSSR count). The summed E-state index contributed by atoms with van der Waals surface area (Å²) in [5, 5.41) is 11.5. The third-order valence-electron chi connectivity index (χ3n) is 10.5. The lowest BCUT2D eigenvalue weighted by molar-refractivity contribution is 0.827. The molecule has 4 N–H and O–H groups in total. The van der Waals surface area contributed by atoms with Gasteiger partial charge in [0.1, 0.15) is 24.3 Å². The first-order chi connectivity index (χ1) is 29.3. The molecular weight excluding hydrogens is 781 g/mol. The second kappa shape index (κ2) is 15.8. The van der Waals surface area contributed by atoms with Gasteiger partial charge >= 0.3 is 0 Å². The SMILES string of the molecule is CC(C)c1ccc2c(Nc3cc(-c4ccc(Sc5ccc6cc[nH]c6c5)c(Nc5ncnc6nc(C(C)C)ccc56)c4)ccc3Sc3ccc4cc[nH]c4c3)ncnc2n1. The molecule has 0 aliphatic heterocycles. The summed E-state index contributed by atoms with van der Waals surface area (Å²) < 4.78 is 0. The average molecular weight is 821 g/mol. The number of rotatable bonds is 11. The highest BCUT2D eigenvalue weighted by Gasteiger charge is 2.17. The highest BCUT2D eigenvalue weighted by Crippen LogP contribution is 2.42. The van der Waals surface area contributed by atoms with Crippen molar-refractivity contribution in [3.63, 3.8) is 0 Å². The molecule has 0 amide bonds. The van der Waals surface area contributed by atoms with Crippen LogP contribution in [-0.2, 0) is 0 Å². The van der Waals surface area contributed by atoms with E-state index in [0.717, 1.165) is 75.3 Å². The van der Waals surface area contributed by atoms with Crippen LogP contribution < -0.4 is 10.6 Å². The summed E-state index contributed by atoms with van der Waals surface area (Å²) in [5.74, 6) is 1.96. The van der Waals surface area contributed by atoms with E-state index in [1.54, 1.807) is 36.2 Å². The molecule has 0 spiro atoms. The Morgan fingerprint density at radius 3 is 1.40 bits per heavy atom. The highest BCUT2D eigenvalue weighted by molar-refractivity contribution is 7.99. The van der Waals surface area contributed by atoms with Crippen molar-refractivity contribution in [2.45, 2.75) is 59.1 Å². The summed E-state index contributed by atoms with van der Waals surface area (Å²) in [6.07, 6.45) is 7.10. The normalized spacial score (nSPS) is 11.8. The third-order valence-corrected chi connectivity index (χ3v) is 12.7. The molecular formula is C48H40N10S2. The van der Waals surface area contributed by atoms with Crippen molar-refractivity contribution >= 4 is 90.4 Å². The quantitative estimate of drug-likeness (QED) is 0.0999. The molecule has 0 aliphatic rings. The van der Waals surface area contributed by atoms with E-state index in [1.165, 1.54) is 10.8 Å². The van der Waals surface area contributed by atoms with Crippen LogP contribution in [0.15, 0.2) is 154 Å². The molecule has 10 aromatic rings. The van der Waals surface area contributed by atoms with Crippen molar-refractivity contribution < 1.29 is 0 Å². The van der Waals surface area contributed by atoms with Gasteiger partial charge in [0.25, 0.3) is 0 Å². The summed E-state index contributed by atoms with van der Waals surface area (Å²) >= 11 is 3.40. The lowest BCUT2D eigenvalue weighted by atomic mass is 10.0. The molecule has 0 fully saturated rings. The number of nitrogens with one attached hydrogen (secondary N) is 4. The Morgan fingerprint density at radius 2 is 0.950 bits per heavy atom. The number of hydrogen-bond donors (Lipinski definition) is 4. The van der Waals surface area contributed by atoms with Crippen molar-refractivity contribution in [2.24, 2.45) is 0 Å². The lowest BCUT2D eigenvalue weighted by Crippen LogP contribution is -2.01. The van der Waals surface area contributed by atoms with Gasteiger partial charge in [-0.25, -0.2) is 29.9 Å². The number of benzene rings is 4. The van der Waals surface area contributed by atoms with Gasteiger partial charge in [0.2, 0.25) is 0 Å². The summed E-state index contributed by atoms with van der Waals surface area (Å²) in [4.78, 5) is 39.3. The monoisotopic (exact) mass is 820 g/mol. The second-order valence-electron chi connectivity index (χ2n) is 15.3. The topological polar surface area (TPSA) is 133 Å². The molecule has 6 aromatic heterocycles. The van der Waals surface area contributed by atoms with E-state index < -0.39 is 0 Å². The van der Waals surface area contributed by atoms with Crippen LogP contribution in [0.2, 0.25) is 0 Å². The molecule has 4 aromatic carbocycles. The van der Waals surface area contributed by atoms with Gasteiger partial charge in [0, 0.05) is 54.4 Å². The number of aromatic nitrogens is 8. The van der Waals surface area contributed by atoms with E-state index in [0.29, 0.717) is 22.9 Å². The molecule has 294 valence electrons. The molecule has 0 unspecified atom stereocenters. The van der Waals surface area contributed by atoms with Gasteiger partial charge in [-0.15, -0.1) is 0 Å². The van der Waals surface area contributed by atoms with Gasteiger partial charge in [0.15, 0.2) is 11.3 Å². The molecule has 0 atom stereocenters. The number of fused-ring (bicyclic) bond motifs is 4. The van der Waals surface area contributed by atoms with Crippen molar-refractivity contribution in [1.29, 1.82) is 0 Å². The molecule has 60 heavy (non-hydrogen) atoms. The zero-order chi connectivity index (χ0) is 40.7. The first kappa shape index (κ1) is 37.5. The fraction of sp³-hybridized carbons (Fsp3) is 0.125. The minimum atomic E-state index is 0.284. The largest absolute Gasteiger partial charge is 0.361 e. The summed E-state index contributed by atoms with van der Waals surface area (Å²) in [5.41, 5.74) is 9.39. The van der Waals surface area contributed by atoms with Crippen LogP contribution in [0.3, 0.4) is 0 Å². The van der Waals surface area contributed by atoms with Crippen LogP contribution in [0.1, 0.15) is 50.9 Å². The van der Waals surface area contributed by atoms with E-state index >= 15 is 0 Å². The number of aromatic amines is 2. The minimum absolute atomic E-state index is 0.284. The van der Waals surface area contributed by atoms with Gasteiger partial charge in [-0.3, -0.25) is 0 Å². The Balaban J connectivity index is 1.07. The zero-order valence-corrected chi connectivity index (χ0v) is 35.0. The van der Waals surface area contributed by atoms with E-state index in [-0.39, 0.29) is 11.8 Å². The van der Waals surface area contributed by atoms with Gasteiger partial charge in [-0.1, -0.05) is 75.5 Å². The lowest BCUT2D eigenvalue weighted by Gasteiger charge is -2.17. The molecule has 6 heterocycles.